The second kappa shape index (κ2) is 7.12. The third-order valence-electron chi connectivity index (χ3n) is 6.60. The standard InChI is InChI=1S/C22H30N6O3/c1-22(2,3)13-28-18(8-7-16-19(28)25(4)21(30)24-16)26-11-15-6-5-14(26)12-27(15)20(29)17-9-10-23-31-17/h7-10,14-15,18H,5-6,11-13H2,1-4H3,(H,24,30). The van der Waals surface area contributed by atoms with Gasteiger partial charge in [0.05, 0.1) is 11.9 Å². The van der Waals surface area contributed by atoms with Crippen LogP contribution in [-0.2, 0) is 7.05 Å². The van der Waals surface area contributed by atoms with E-state index in [4.69, 9.17) is 4.52 Å². The molecule has 3 saturated heterocycles. The average molecular weight is 427 g/mol. The minimum atomic E-state index is -0.0989. The van der Waals surface area contributed by atoms with E-state index in [9.17, 15) is 9.59 Å². The van der Waals surface area contributed by atoms with Crippen LogP contribution >= 0.6 is 0 Å². The summed E-state index contributed by atoms with van der Waals surface area (Å²) in [4.78, 5) is 35.0. The zero-order valence-electron chi connectivity index (χ0n) is 18.5. The highest BCUT2D eigenvalue weighted by molar-refractivity contribution is 5.91. The monoisotopic (exact) mass is 426 g/mol. The first-order chi connectivity index (χ1) is 14.7. The SMILES string of the molecule is Cn1c2c([nH]c1=O)C=CC(N1CC3CCC1CN3C(=O)c1ccno1)N2CC(C)(C)C. The molecule has 3 fully saturated rings. The molecule has 3 unspecified atom stereocenters. The van der Waals surface area contributed by atoms with Gasteiger partial charge in [0, 0.05) is 44.8 Å². The number of aromatic nitrogens is 3. The molecule has 9 nitrogen and oxygen atoms in total. The van der Waals surface area contributed by atoms with Gasteiger partial charge < -0.3 is 19.3 Å². The first-order valence-electron chi connectivity index (χ1n) is 10.9. The van der Waals surface area contributed by atoms with E-state index >= 15 is 0 Å². The van der Waals surface area contributed by atoms with E-state index in [1.807, 2.05) is 18.0 Å². The van der Waals surface area contributed by atoms with Gasteiger partial charge in [-0.2, -0.15) is 0 Å². The Bertz CT molecular complexity index is 1060. The number of rotatable bonds is 3. The number of piperazine rings is 1. The first kappa shape index (κ1) is 20.1. The summed E-state index contributed by atoms with van der Waals surface area (Å²) in [5.74, 6) is 1.16. The molecule has 4 aliphatic rings. The molecule has 2 aromatic rings. The summed E-state index contributed by atoms with van der Waals surface area (Å²) < 4.78 is 6.82. The van der Waals surface area contributed by atoms with Crippen LogP contribution in [0.25, 0.3) is 6.08 Å². The van der Waals surface area contributed by atoms with Crippen molar-refractivity contribution in [2.45, 2.75) is 51.9 Å². The Morgan fingerprint density at radius 1 is 1.26 bits per heavy atom. The molecule has 0 spiro atoms. The Hall–Kier alpha value is -2.81. The van der Waals surface area contributed by atoms with Crippen LogP contribution in [0.15, 0.2) is 27.7 Å². The molecule has 31 heavy (non-hydrogen) atoms. The Labute approximate surface area is 181 Å². The van der Waals surface area contributed by atoms with Crippen molar-refractivity contribution >= 4 is 17.8 Å². The third kappa shape index (κ3) is 3.40. The molecule has 6 rings (SSSR count). The first-order valence-corrected chi connectivity index (χ1v) is 10.9. The highest BCUT2D eigenvalue weighted by atomic mass is 16.5. The summed E-state index contributed by atoms with van der Waals surface area (Å²) in [5, 5.41) is 3.68. The van der Waals surface area contributed by atoms with Crippen molar-refractivity contribution in [2.24, 2.45) is 12.5 Å². The van der Waals surface area contributed by atoms with Crippen molar-refractivity contribution in [3.8, 4) is 0 Å². The fourth-order valence-corrected chi connectivity index (χ4v) is 5.28. The molecular formula is C22H30N6O3. The largest absolute Gasteiger partial charge is 0.351 e. The fourth-order valence-electron chi connectivity index (χ4n) is 5.28. The maximum Gasteiger partial charge on any atom is 0.327 e. The number of H-pyrrole nitrogens is 1. The third-order valence-corrected chi connectivity index (χ3v) is 6.60. The van der Waals surface area contributed by atoms with Crippen LogP contribution in [0.5, 0.6) is 0 Å². The van der Waals surface area contributed by atoms with Crippen LogP contribution in [0, 0.1) is 5.41 Å². The number of hydrogen-bond acceptors (Lipinski definition) is 6. The molecule has 0 aliphatic carbocycles. The minimum Gasteiger partial charge on any atom is -0.351 e. The molecule has 9 heteroatoms. The topological polar surface area (TPSA) is 90.6 Å². The number of nitrogens with one attached hydrogen (secondary N) is 1. The summed E-state index contributed by atoms with van der Waals surface area (Å²) in [6.07, 6.45) is 7.82. The van der Waals surface area contributed by atoms with Crippen LogP contribution in [0.3, 0.4) is 0 Å². The zero-order valence-corrected chi connectivity index (χ0v) is 18.5. The van der Waals surface area contributed by atoms with Gasteiger partial charge in [0.25, 0.3) is 5.91 Å². The lowest BCUT2D eigenvalue weighted by Crippen LogP contribution is -2.68. The number of carbonyl (C=O) groups excluding carboxylic acids is 1. The molecule has 1 N–H and O–H groups in total. The molecule has 3 atom stereocenters. The van der Waals surface area contributed by atoms with Crippen LogP contribution in [0.2, 0.25) is 0 Å². The van der Waals surface area contributed by atoms with Crippen molar-refractivity contribution < 1.29 is 9.32 Å². The smallest absolute Gasteiger partial charge is 0.327 e. The van der Waals surface area contributed by atoms with E-state index < -0.39 is 0 Å². The summed E-state index contributed by atoms with van der Waals surface area (Å²) in [6.45, 7) is 8.94. The lowest BCUT2D eigenvalue weighted by Gasteiger charge is -2.55. The van der Waals surface area contributed by atoms with Crippen molar-refractivity contribution in [1.82, 2.24) is 24.5 Å². The molecule has 166 valence electrons. The van der Waals surface area contributed by atoms with Gasteiger partial charge in [0.2, 0.25) is 5.76 Å². The van der Waals surface area contributed by atoms with Crippen molar-refractivity contribution in [1.29, 1.82) is 0 Å². The highest BCUT2D eigenvalue weighted by Crippen LogP contribution is 2.37. The van der Waals surface area contributed by atoms with E-state index in [2.05, 4.69) is 46.8 Å². The molecule has 2 aromatic heterocycles. The minimum absolute atomic E-state index is 0.0449. The van der Waals surface area contributed by atoms with E-state index in [-0.39, 0.29) is 35.3 Å². The van der Waals surface area contributed by atoms with Gasteiger partial charge in [-0.15, -0.1) is 0 Å². The van der Waals surface area contributed by atoms with Crippen molar-refractivity contribution in [2.75, 3.05) is 24.5 Å². The second-order valence-electron chi connectivity index (χ2n) is 10.1. The summed E-state index contributed by atoms with van der Waals surface area (Å²) in [6, 6.07) is 2.03. The van der Waals surface area contributed by atoms with Gasteiger partial charge >= 0.3 is 5.69 Å². The van der Waals surface area contributed by atoms with Gasteiger partial charge in [0.1, 0.15) is 12.0 Å². The molecular weight excluding hydrogens is 396 g/mol. The van der Waals surface area contributed by atoms with Gasteiger partial charge in [-0.25, -0.2) is 4.79 Å². The lowest BCUT2D eigenvalue weighted by molar-refractivity contribution is -0.0262. The average Bonchev–Trinajstić information content (AvgIpc) is 3.36. The molecule has 0 saturated carbocycles. The summed E-state index contributed by atoms with van der Waals surface area (Å²) in [7, 11) is 1.82. The molecule has 0 aromatic carbocycles. The molecule has 6 heterocycles. The van der Waals surface area contributed by atoms with Crippen LogP contribution in [0.1, 0.15) is 49.9 Å². The van der Waals surface area contributed by atoms with Crippen LogP contribution in [0.4, 0.5) is 5.82 Å². The number of fused-ring (bicyclic) bond motifs is 4. The van der Waals surface area contributed by atoms with E-state index in [1.165, 1.54) is 6.20 Å². The van der Waals surface area contributed by atoms with E-state index in [0.29, 0.717) is 12.3 Å². The van der Waals surface area contributed by atoms with Crippen molar-refractivity contribution in [3.05, 3.63) is 40.3 Å². The Morgan fingerprint density at radius 2 is 2.03 bits per heavy atom. The maximum absolute atomic E-state index is 12.9. The highest BCUT2D eigenvalue weighted by Gasteiger charge is 2.46. The lowest BCUT2D eigenvalue weighted by atomic mass is 9.89. The number of anilines is 1. The van der Waals surface area contributed by atoms with Crippen LogP contribution < -0.4 is 10.6 Å². The van der Waals surface area contributed by atoms with Gasteiger partial charge in [-0.3, -0.25) is 14.3 Å². The van der Waals surface area contributed by atoms with Crippen LogP contribution in [-0.4, -0.2) is 68.3 Å². The zero-order chi connectivity index (χ0) is 21.9. The number of amides is 1. The molecule has 1 amide bonds. The van der Waals surface area contributed by atoms with Gasteiger partial charge in [0.15, 0.2) is 0 Å². The number of carbonyl (C=O) groups is 1. The Kier molecular flexibility index (Phi) is 4.62. The normalized spacial score (nSPS) is 25.9. The van der Waals surface area contributed by atoms with E-state index in [0.717, 1.165) is 37.4 Å². The summed E-state index contributed by atoms with van der Waals surface area (Å²) in [5.41, 5.74) is 0.812. The molecule has 4 aliphatic heterocycles. The van der Waals surface area contributed by atoms with Gasteiger partial charge in [-0.1, -0.05) is 25.9 Å². The number of imidazole rings is 1. The Balaban J connectivity index is 1.44. The quantitative estimate of drug-likeness (QED) is 0.806. The molecule has 0 radical (unpaired) electrons. The predicted molar refractivity (Wildman–Crippen MR) is 117 cm³/mol. The van der Waals surface area contributed by atoms with E-state index in [1.54, 1.807) is 10.6 Å². The van der Waals surface area contributed by atoms with Crippen molar-refractivity contribution in [3.63, 3.8) is 0 Å². The predicted octanol–water partition coefficient (Wildman–Crippen LogP) is 1.90. The number of piperidine rings is 2. The number of hydrogen-bond donors (Lipinski definition) is 1. The maximum atomic E-state index is 12.9. The number of nitrogens with zero attached hydrogens (tertiary/aromatic N) is 5. The Morgan fingerprint density at radius 3 is 2.68 bits per heavy atom. The van der Waals surface area contributed by atoms with Gasteiger partial charge in [-0.05, 0) is 30.4 Å². The number of aromatic amines is 1. The summed E-state index contributed by atoms with van der Waals surface area (Å²) >= 11 is 0. The molecule has 2 bridgehead atoms. The second-order valence-corrected chi connectivity index (χ2v) is 10.1. The fraction of sp³-hybridized carbons (Fsp3) is 0.591.